The van der Waals surface area contributed by atoms with Gasteiger partial charge in [-0.1, -0.05) is 79.9 Å². The summed E-state index contributed by atoms with van der Waals surface area (Å²) in [6, 6.07) is 18.0. The molecule has 1 heterocycles. The monoisotopic (exact) mass is 420 g/mol. The van der Waals surface area contributed by atoms with Crippen LogP contribution in [0, 0.1) is 0 Å². The van der Waals surface area contributed by atoms with Crippen molar-refractivity contribution >= 4 is 17.9 Å². The first kappa shape index (κ1) is 21.1. The molecule has 1 saturated carbocycles. The van der Waals surface area contributed by atoms with Gasteiger partial charge in [0.1, 0.15) is 0 Å². The van der Waals surface area contributed by atoms with Crippen LogP contribution in [-0.2, 0) is 20.7 Å². The summed E-state index contributed by atoms with van der Waals surface area (Å²) in [6.07, 6.45) is 4.21. The van der Waals surface area contributed by atoms with Gasteiger partial charge in [-0.25, -0.2) is 9.69 Å². The zero-order chi connectivity index (χ0) is 21.8. The quantitative estimate of drug-likeness (QED) is 0.712. The number of carbonyl (C=O) groups excluding carboxylic acids is 3. The molecule has 0 spiro atoms. The summed E-state index contributed by atoms with van der Waals surface area (Å²) in [5.41, 5.74) is -0.327. The molecule has 2 aromatic rings. The van der Waals surface area contributed by atoms with Crippen molar-refractivity contribution in [1.29, 1.82) is 0 Å². The first-order valence-electron chi connectivity index (χ1n) is 11.0. The van der Waals surface area contributed by atoms with Crippen LogP contribution in [0.15, 0.2) is 60.7 Å². The maximum absolute atomic E-state index is 13.7. The molecule has 4 rings (SSSR count). The van der Waals surface area contributed by atoms with E-state index in [0.717, 1.165) is 48.1 Å². The van der Waals surface area contributed by atoms with Gasteiger partial charge in [-0.2, -0.15) is 0 Å². The van der Waals surface area contributed by atoms with E-state index in [4.69, 9.17) is 4.74 Å². The van der Waals surface area contributed by atoms with E-state index < -0.39 is 29.6 Å². The highest BCUT2D eigenvalue weighted by molar-refractivity contribution is 6.17. The van der Waals surface area contributed by atoms with E-state index >= 15 is 0 Å². The molecule has 0 bridgehead atoms. The largest absolute Gasteiger partial charge is 0.422 e. The molecule has 1 aliphatic carbocycles. The highest BCUT2D eigenvalue weighted by Crippen LogP contribution is 2.35. The van der Waals surface area contributed by atoms with E-state index in [1.165, 1.54) is 0 Å². The van der Waals surface area contributed by atoms with Gasteiger partial charge in [-0.05, 0) is 30.9 Å². The molecule has 2 aliphatic rings. The van der Waals surface area contributed by atoms with Crippen LogP contribution in [0.2, 0.25) is 0 Å². The minimum atomic E-state index is -1.89. The molecular weight excluding hydrogens is 392 g/mol. The van der Waals surface area contributed by atoms with E-state index in [1.807, 2.05) is 60.7 Å². The van der Waals surface area contributed by atoms with Crippen molar-refractivity contribution < 1.29 is 19.1 Å². The minimum absolute atomic E-state index is 0.000923. The maximum Gasteiger partial charge on any atom is 0.418 e. The lowest BCUT2D eigenvalue weighted by atomic mass is 9.90. The van der Waals surface area contributed by atoms with Crippen molar-refractivity contribution in [1.82, 2.24) is 10.2 Å². The molecule has 0 unspecified atom stereocenters. The van der Waals surface area contributed by atoms with E-state index in [2.05, 4.69) is 5.32 Å². The van der Waals surface area contributed by atoms with Crippen LogP contribution < -0.4 is 5.32 Å². The van der Waals surface area contributed by atoms with Gasteiger partial charge in [0.05, 0.1) is 6.04 Å². The Morgan fingerprint density at radius 2 is 1.65 bits per heavy atom. The molecule has 2 atom stereocenters. The number of imide groups is 1. The SMILES string of the molecule is C[C@H](c1ccccc1)N1C(=O)O[C@](Cc2ccccc2)(C(=O)NC2CCCCC2)C1=O. The minimum Gasteiger partial charge on any atom is -0.422 e. The number of carbonyl (C=O) groups is 3. The third kappa shape index (κ3) is 4.20. The van der Waals surface area contributed by atoms with E-state index in [9.17, 15) is 14.4 Å². The van der Waals surface area contributed by atoms with Crippen LogP contribution in [0.4, 0.5) is 4.79 Å². The summed E-state index contributed by atoms with van der Waals surface area (Å²) < 4.78 is 5.65. The molecule has 31 heavy (non-hydrogen) atoms. The van der Waals surface area contributed by atoms with Gasteiger partial charge in [0.15, 0.2) is 0 Å². The highest BCUT2D eigenvalue weighted by atomic mass is 16.6. The van der Waals surface area contributed by atoms with Gasteiger partial charge in [0, 0.05) is 12.5 Å². The van der Waals surface area contributed by atoms with Gasteiger partial charge in [0.2, 0.25) is 0 Å². The van der Waals surface area contributed by atoms with Crippen molar-refractivity contribution in [3.8, 4) is 0 Å². The fraction of sp³-hybridized carbons (Fsp3) is 0.400. The molecule has 0 aromatic heterocycles. The normalized spacial score (nSPS) is 22.8. The maximum atomic E-state index is 13.7. The lowest BCUT2D eigenvalue weighted by Gasteiger charge is -2.29. The number of benzene rings is 2. The number of cyclic esters (lactones) is 1. The molecule has 1 N–H and O–H groups in total. The first-order valence-corrected chi connectivity index (χ1v) is 11.0. The van der Waals surface area contributed by atoms with Crippen molar-refractivity contribution in [2.75, 3.05) is 0 Å². The van der Waals surface area contributed by atoms with Crippen LogP contribution in [0.3, 0.4) is 0 Å². The summed E-state index contributed by atoms with van der Waals surface area (Å²) in [6.45, 7) is 1.77. The Hall–Kier alpha value is -3.15. The van der Waals surface area contributed by atoms with Crippen molar-refractivity contribution in [2.24, 2.45) is 0 Å². The second kappa shape index (κ2) is 8.92. The first-order chi connectivity index (χ1) is 15.0. The van der Waals surface area contributed by atoms with Crippen LogP contribution >= 0.6 is 0 Å². The van der Waals surface area contributed by atoms with Gasteiger partial charge >= 0.3 is 6.09 Å². The Morgan fingerprint density at radius 3 is 2.29 bits per heavy atom. The summed E-state index contributed by atoms with van der Waals surface area (Å²) >= 11 is 0. The molecule has 0 radical (unpaired) electrons. The summed E-state index contributed by atoms with van der Waals surface area (Å²) in [5, 5.41) is 3.01. The lowest BCUT2D eigenvalue weighted by Crippen LogP contribution is -2.57. The number of amides is 3. The van der Waals surface area contributed by atoms with Gasteiger partial charge in [-0.3, -0.25) is 9.59 Å². The molecule has 162 valence electrons. The fourth-order valence-electron chi connectivity index (χ4n) is 4.50. The summed E-state index contributed by atoms with van der Waals surface area (Å²) in [5.74, 6) is -1.13. The number of nitrogens with zero attached hydrogens (tertiary/aromatic N) is 1. The highest BCUT2D eigenvalue weighted by Gasteiger charge is 2.60. The molecule has 2 aromatic carbocycles. The van der Waals surface area contributed by atoms with Crippen LogP contribution in [0.5, 0.6) is 0 Å². The van der Waals surface area contributed by atoms with Crippen LogP contribution in [-0.4, -0.2) is 34.5 Å². The molecule has 1 saturated heterocycles. The molecular formula is C25H28N2O4. The third-order valence-corrected chi connectivity index (χ3v) is 6.29. The average Bonchev–Trinajstić information content (AvgIpc) is 3.05. The number of rotatable bonds is 6. The second-order valence-electron chi connectivity index (χ2n) is 8.43. The Labute approximate surface area is 182 Å². The predicted molar refractivity (Wildman–Crippen MR) is 116 cm³/mol. The average molecular weight is 421 g/mol. The number of hydrogen-bond acceptors (Lipinski definition) is 4. The zero-order valence-electron chi connectivity index (χ0n) is 17.8. The van der Waals surface area contributed by atoms with E-state index in [0.29, 0.717) is 0 Å². The molecule has 1 aliphatic heterocycles. The number of hydrogen-bond donors (Lipinski definition) is 1. The number of ether oxygens (including phenoxy) is 1. The Bertz CT molecular complexity index is 941. The van der Waals surface area contributed by atoms with Gasteiger partial charge < -0.3 is 10.1 Å². The second-order valence-corrected chi connectivity index (χ2v) is 8.43. The predicted octanol–water partition coefficient (Wildman–Crippen LogP) is 4.16. The van der Waals surface area contributed by atoms with Crippen LogP contribution in [0.25, 0.3) is 0 Å². The van der Waals surface area contributed by atoms with E-state index in [1.54, 1.807) is 6.92 Å². The topological polar surface area (TPSA) is 75.7 Å². The molecule has 2 fully saturated rings. The lowest BCUT2D eigenvalue weighted by molar-refractivity contribution is -0.150. The van der Waals surface area contributed by atoms with Crippen molar-refractivity contribution in [3.63, 3.8) is 0 Å². The number of nitrogens with one attached hydrogen (secondary N) is 1. The Kier molecular flexibility index (Phi) is 6.07. The molecule has 6 heteroatoms. The fourth-order valence-corrected chi connectivity index (χ4v) is 4.50. The molecule has 6 nitrogen and oxygen atoms in total. The van der Waals surface area contributed by atoms with Gasteiger partial charge in [0.25, 0.3) is 17.4 Å². The molecule has 3 amide bonds. The smallest absolute Gasteiger partial charge is 0.418 e. The Balaban J connectivity index is 1.65. The Morgan fingerprint density at radius 1 is 1.03 bits per heavy atom. The summed E-state index contributed by atoms with van der Waals surface area (Å²) in [4.78, 5) is 41.1. The third-order valence-electron chi connectivity index (χ3n) is 6.29. The van der Waals surface area contributed by atoms with E-state index in [-0.39, 0.29) is 12.5 Å². The zero-order valence-corrected chi connectivity index (χ0v) is 17.8. The van der Waals surface area contributed by atoms with Crippen LogP contribution in [0.1, 0.15) is 56.2 Å². The van der Waals surface area contributed by atoms with Gasteiger partial charge in [-0.15, -0.1) is 0 Å². The van der Waals surface area contributed by atoms with Crippen molar-refractivity contribution in [2.45, 2.75) is 63.1 Å². The summed E-state index contributed by atoms with van der Waals surface area (Å²) in [7, 11) is 0. The standard InChI is InChI=1S/C25H28N2O4/c1-18(20-13-7-3-8-14-20)27-23(29)25(31-24(27)30,17-19-11-5-2-6-12-19)22(28)26-21-15-9-4-10-16-21/h2-3,5-8,11-14,18,21H,4,9-10,15-17H2,1H3,(H,26,28)/t18-,25-/m1/s1. The van der Waals surface area contributed by atoms with Crippen molar-refractivity contribution in [3.05, 3.63) is 71.8 Å².